The molecule has 0 amide bonds. The van der Waals surface area contributed by atoms with E-state index in [1.54, 1.807) is 6.07 Å². The molecule has 0 fully saturated rings. The van der Waals surface area contributed by atoms with E-state index in [-0.39, 0.29) is 0 Å². The fourth-order valence-corrected chi connectivity index (χ4v) is 4.37. The van der Waals surface area contributed by atoms with Crippen molar-refractivity contribution in [2.45, 2.75) is 44.9 Å². The zero-order valence-electron chi connectivity index (χ0n) is 16.2. The molecule has 4 rings (SSSR count). The van der Waals surface area contributed by atoms with Gasteiger partial charge in [0.15, 0.2) is 0 Å². The van der Waals surface area contributed by atoms with Crippen molar-refractivity contribution < 1.29 is 13.2 Å². The Morgan fingerprint density at radius 1 is 0.857 bits per heavy atom. The van der Waals surface area contributed by atoms with Crippen molar-refractivity contribution in [1.29, 1.82) is 0 Å². The molecule has 1 aliphatic heterocycles. The van der Waals surface area contributed by atoms with Crippen molar-refractivity contribution in [3.05, 3.63) is 65.5 Å². The van der Waals surface area contributed by atoms with Crippen LogP contribution in [0.3, 0.4) is 0 Å². The summed E-state index contributed by atoms with van der Waals surface area (Å²) in [7, 11) is 0. The summed E-state index contributed by atoms with van der Waals surface area (Å²) in [5, 5.41) is 3.55. The third-order valence-corrected chi connectivity index (χ3v) is 5.23. The fourth-order valence-electron chi connectivity index (χ4n) is 4.37. The first-order valence-electron chi connectivity index (χ1n) is 9.16. The number of nitrogens with one attached hydrogen (secondary N) is 2. The smallest absolute Gasteiger partial charge is 0.338 e. The van der Waals surface area contributed by atoms with Gasteiger partial charge in [-0.2, -0.15) is 13.2 Å². The molecular formula is C22H22F3N3. The van der Waals surface area contributed by atoms with E-state index in [2.05, 4.69) is 10.3 Å². The first-order chi connectivity index (χ1) is 13.0. The summed E-state index contributed by atoms with van der Waals surface area (Å²) in [6.07, 6.45) is -4.39. The normalized spacial score (nSPS) is 18.8. The van der Waals surface area contributed by atoms with Gasteiger partial charge < -0.3 is 4.98 Å². The molecule has 2 heterocycles. The van der Waals surface area contributed by atoms with Crippen molar-refractivity contribution >= 4 is 22.2 Å². The predicted molar refractivity (Wildman–Crippen MR) is 106 cm³/mol. The standard InChI is InChI=1S/C22H22F3N3/c1-20(2)17(13-8-7-9-14(12-13)22(23,24)25)18(21(3,4)28-20)19-26-15-10-5-6-11-16(15)27-19/h5-12,28H,1-4H3,(H,26,27). The lowest BCUT2D eigenvalue weighted by Crippen LogP contribution is -2.46. The van der Waals surface area contributed by atoms with Crippen LogP contribution in [0.1, 0.15) is 44.6 Å². The molecule has 0 atom stereocenters. The molecule has 0 bridgehead atoms. The van der Waals surface area contributed by atoms with E-state index in [0.29, 0.717) is 11.4 Å². The van der Waals surface area contributed by atoms with Crippen molar-refractivity contribution in [3.8, 4) is 0 Å². The van der Waals surface area contributed by atoms with Gasteiger partial charge in [0, 0.05) is 16.7 Å². The number of H-pyrrole nitrogens is 1. The zero-order valence-corrected chi connectivity index (χ0v) is 16.2. The molecular weight excluding hydrogens is 363 g/mol. The summed E-state index contributed by atoms with van der Waals surface area (Å²) < 4.78 is 39.9. The lowest BCUT2D eigenvalue weighted by atomic mass is 9.85. The summed E-state index contributed by atoms with van der Waals surface area (Å²) in [5.74, 6) is 0.677. The van der Waals surface area contributed by atoms with Crippen LogP contribution in [0.4, 0.5) is 13.2 Å². The number of rotatable bonds is 2. The summed E-state index contributed by atoms with van der Waals surface area (Å²) in [6, 6.07) is 13.2. The molecule has 0 aliphatic carbocycles. The lowest BCUT2D eigenvalue weighted by molar-refractivity contribution is -0.137. The molecule has 1 aromatic heterocycles. The predicted octanol–water partition coefficient (Wildman–Crippen LogP) is 5.65. The van der Waals surface area contributed by atoms with Gasteiger partial charge in [-0.25, -0.2) is 4.98 Å². The van der Waals surface area contributed by atoms with Crippen LogP contribution in [-0.4, -0.2) is 21.0 Å². The maximum Gasteiger partial charge on any atom is 0.416 e. The first kappa shape index (κ1) is 18.7. The van der Waals surface area contributed by atoms with Crippen molar-refractivity contribution in [1.82, 2.24) is 15.3 Å². The molecule has 0 saturated carbocycles. The quantitative estimate of drug-likeness (QED) is 0.598. The Morgan fingerprint density at radius 3 is 2.21 bits per heavy atom. The number of hydrogen-bond donors (Lipinski definition) is 2. The van der Waals surface area contributed by atoms with Crippen molar-refractivity contribution in [3.63, 3.8) is 0 Å². The highest BCUT2D eigenvalue weighted by Gasteiger charge is 2.46. The minimum absolute atomic E-state index is 0.471. The van der Waals surface area contributed by atoms with Crippen LogP contribution in [0.25, 0.3) is 22.2 Å². The molecule has 3 nitrogen and oxygen atoms in total. The maximum absolute atomic E-state index is 13.3. The number of alkyl halides is 3. The first-order valence-corrected chi connectivity index (χ1v) is 9.16. The van der Waals surface area contributed by atoms with Crippen LogP contribution in [0.15, 0.2) is 48.5 Å². The average Bonchev–Trinajstić information content (AvgIpc) is 3.08. The van der Waals surface area contributed by atoms with E-state index in [1.165, 1.54) is 12.1 Å². The molecule has 3 aromatic rings. The van der Waals surface area contributed by atoms with Gasteiger partial charge in [-0.05, 0) is 63.1 Å². The van der Waals surface area contributed by atoms with Gasteiger partial charge in [-0.3, -0.25) is 5.32 Å². The Morgan fingerprint density at radius 2 is 1.54 bits per heavy atom. The maximum atomic E-state index is 13.3. The topological polar surface area (TPSA) is 40.7 Å². The Kier molecular flexibility index (Phi) is 3.98. The summed E-state index contributed by atoms with van der Waals surface area (Å²) in [4.78, 5) is 8.07. The van der Waals surface area contributed by atoms with E-state index in [9.17, 15) is 13.2 Å². The summed E-state index contributed by atoms with van der Waals surface area (Å²) in [6.45, 7) is 8.02. The highest BCUT2D eigenvalue weighted by atomic mass is 19.4. The second-order valence-corrected chi connectivity index (χ2v) is 8.31. The van der Waals surface area contributed by atoms with Gasteiger partial charge in [0.05, 0.1) is 16.6 Å². The molecule has 0 spiro atoms. The van der Waals surface area contributed by atoms with Gasteiger partial charge in [0.25, 0.3) is 0 Å². The van der Waals surface area contributed by atoms with E-state index in [4.69, 9.17) is 4.98 Å². The second-order valence-electron chi connectivity index (χ2n) is 8.31. The third-order valence-electron chi connectivity index (χ3n) is 5.23. The molecule has 2 N–H and O–H groups in total. The van der Waals surface area contributed by atoms with Crippen molar-refractivity contribution in [2.24, 2.45) is 0 Å². The van der Waals surface area contributed by atoms with Crippen LogP contribution in [-0.2, 0) is 6.18 Å². The Bertz CT molecular complexity index is 1050. The Balaban J connectivity index is 2.00. The number of benzene rings is 2. The van der Waals surface area contributed by atoms with Crippen molar-refractivity contribution in [2.75, 3.05) is 0 Å². The number of hydrogen-bond acceptors (Lipinski definition) is 2. The minimum atomic E-state index is -4.39. The Hall–Kier alpha value is -2.60. The highest BCUT2D eigenvalue weighted by Crippen LogP contribution is 2.47. The summed E-state index contributed by atoms with van der Waals surface area (Å²) >= 11 is 0. The van der Waals surface area contributed by atoms with Crippen LogP contribution in [0.5, 0.6) is 0 Å². The number of nitrogens with zero attached hydrogens (tertiary/aromatic N) is 1. The number of imidazole rings is 1. The molecule has 0 radical (unpaired) electrons. The highest BCUT2D eigenvalue weighted by molar-refractivity contribution is 6.00. The van der Waals surface area contributed by atoms with Crippen LogP contribution in [0.2, 0.25) is 0 Å². The van der Waals surface area contributed by atoms with E-state index in [0.717, 1.165) is 28.2 Å². The van der Waals surface area contributed by atoms with Crippen LogP contribution >= 0.6 is 0 Å². The molecule has 28 heavy (non-hydrogen) atoms. The van der Waals surface area contributed by atoms with E-state index in [1.807, 2.05) is 52.0 Å². The van der Waals surface area contributed by atoms with Gasteiger partial charge in [0.1, 0.15) is 5.82 Å². The zero-order chi connectivity index (χ0) is 20.3. The molecule has 1 aliphatic rings. The monoisotopic (exact) mass is 385 g/mol. The van der Waals surface area contributed by atoms with E-state index >= 15 is 0 Å². The average molecular weight is 385 g/mol. The molecule has 0 unspecified atom stereocenters. The third kappa shape index (κ3) is 3.02. The van der Waals surface area contributed by atoms with E-state index < -0.39 is 22.8 Å². The molecule has 146 valence electrons. The summed E-state index contributed by atoms with van der Waals surface area (Å²) in [5.41, 5.74) is 2.33. The van der Waals surface area contributed by atoms with Crippen LogP contribution < -0.4 is 5.32 Å². The number of fused-ring (bicyclic) bond motifs is 1. The molecule has 2 aromatic carbocycles. The molecule has 6 heteroatoms. The number of aromatic nitrogens is 2. The fraction of sp³-hybridized carbons (Fsp3) is 0.318. The largest absolute Gasteiger partial charge is 0.416 e. The van der Waals surface area contributed by atoms with Crippen LogP contribution in [0, 0.1) is 0 Å². The second kappa shape index (κ2) is 5.95. The Labute approximate surface area is 161 Å². The van der Waals surface area contributed by atoms with Gasteiger partial charge in [-0.1, -0.05) is 24.3 Å². The number of halogens is 3. The number of aromatic amines is 1. The minimum Gasteiger partial charge on any atom is -0.338 e. The van der Waals surface area contributed by atoms with Gasteiger partial charge in [0.2, 0.25) is 0 Å². The van der Waals surface area contributed by atoms with Gasteiger partial charge in [-0.15, -0.1) is 0 Å². The molecule has 0 saturated heterocycles. The SMILES string of the molecule is CC1(C)NC(C)(C)C(c2nc3ccccc3[nH]2)=C1c1cccc(C(F)(F)F)c1. The lowest BCUT2D eigenvalue weighted by Gasteiger charge is -2.28. The van der Waals surface area contributed by atoms with Gasteiger partial charge >= 0.3 is 6.18 Å². The number of para-hydroxylation sites is 2.